The van der Waals surface area contributed by atoms with Crippen LogP contribution in [0.2, 0.25) is 19.6 Å². The van der Waals surface area contributed by atoms with Gasteiger partial charge in [0, 0.05) is 49.9 Å². The molecule has 0 bridgehead atoms. The van der Waals surface area contributed by atoms with Crippen molar-refractivity contribution < 1.29 is 19.1 Å². The standard InChI is InChI=1S/C37H45N3O4Si/c1-26-28(24-39-17-19-40(20-18-39)36(42)44-37(2,3)4)22-27(16-21-45(5,6)7)23-34(26)38-35(41)43-25-33-31-14-10-8-12-29(31)30-13-9-11-15-32(30)33/h8-15,22-23,33H,17-20,24-25H2,1-7H3,(H,38,41). The highest BCUT2D eigenvalue weighted by Gasteiger charge is 2.30. The molecular formula is C37H45N3O4Si. The molecule has 1 fully saturated rings. The van der Waals surface area contributed by atoms with Crippen molar-refractivity contribution >= 4 is 25.9 Å². The monoisotopic (exact) mass is 623 g/mol. The zero-order valence-electron chi connectivity index (χ0n) is 27.6. The Morgan fingerprint density at radius 1 is 0.933 bits per heavy atom. The van der Waals surface area contributed by atoms with Gasteiger partial charge in [0.2, 0.25) is 0 Å². The topological polar surface area (TPSA) is 71.1 Å². The maximum Gasteiger partial charge on any atom is 0.411 e. The number of anilines is 1. The van der Waals surface area contributed by atoms with Crippen molar-refractivity contribution in [3.63, 3.8) is 0 Å². The summed E-state index contributed by atoms with van der Waals surface area (Å²) in [5.41, 5.74) is 11.4. The second-order valence-corrected chi connectivity index (χ2v) is 18.8. The lowest BCUT2D eigenvalue weighted by molar-refractivity contribution is 0.0139. The molecule has 1 saturated heterocycles. The molecule has 0 aromatic heterocycles. The van der Waals surface area contributed by atoms with E-state index in [2.05, 4.69) is 71.7 Å². The minimum atomic E-state index is -1.62. The number of amides is 2. The fourth-order valence-electron chi connectivity index (χ4n) is 5.80. The molecule has 3 aromatic rings. The smallest absolute Gasteiger partial charge is 0.411 e. The molecule has 0 atom stereocenters. The quantitative estimate of drug-likeness (QED) is 0.234. The number of ether oxygens (including phenoxy) is 2. The summed E-state index contributed by atoms with van der Waals surface area (Å²) in [6.45, 7) is 18.0. The predicted molar refractivity (Wildman–Crippen MR) is 183 cm³/mol. The first-order valence-electron chi connectivity index (χ1n) is 15.8. The molecule has 1 aliphatic heterocycles. The number of carbonyl (C=O) groups is 2. The molecule has 1 heterocycles. The Balaban J connectivity index is 1.30. The van der Waals surface area contributed by atoms with Gasteiger partial charge in [-0.3, -0.25) is 10.2 Å². The number of carbonyl (C=O) groups excluding carboxylic acids is 2. The molecule has 3 aromatic carbocycles. The zero-order valence-corrected chi connectivity index (χ0v) is 28.6. The highest BCUT2D eigenvalue weighted by Crippen LogP contribution is 2.44. The van der Waals surface area contributed by atoms with Gasteiger partial charge in [0.15, 0.2) is 0 Å². The fourth-order valence-corrected chi connectivity index (χ4v) is 6.32. The van der Waals surface area contributed by atoms with E-state index >= 15 is 0 Å². The van der Waals surface area contributed by atoms with Crippen molar-refractivity contribution in [2.45, 2.75) is 65.4 Å². The second-order valence-electron chi connectivity index (χ2n) is 14.0. The van der Waals surface area contributed by atoms with Gasteiger partial charge in [0.25, 0.3) is 0 Å². The highest BCUT2D eigenvalue weighted by atomic mass is 28.3. The maximum absolute atomic E-state index is 13.3. The van der Waals surface area contributed by atoms with E-state index in [0.717, 1.165) is 29.8 Å². The van der Waals surface area contributed by atoms with Gasteiger partial charge in [-0.1, -0.05) is 74.1 Å². The molecule has 8 heteroatoms. The minimum absolute atomic E-state index is 0.00639. The Bertz CT molecular complexity index is 1590. The normalized spacial score (nSPS) is 15.0. The molecule has 0 unspecified atom stereocenters. The summed E-state index contributed by atoms with van der Waals surface area (Å²) in [5, 5.41) is 3.04. The number of benzene rings is 3. The van der Waals surface area contributed by atoms with Crippen LogP contribution in [0.1, 0.15) is 54.5 Å². The van der Waals surface area contributed by atoms with Crippen LogP contribution in [0.3, 0.4) is 0 Å². The Labute approximate surface area is 268 Å². The van der Waals surface area contributed by atoms with Crippen molar-refractivity contribution in [1.29, 1.82) is 0 Å². The van der Waals surface area contributed by atoms with Crippen LogP contribution in [0.4, 0.5) is 15.3 Å². The number of nitrogens with one attached hydrogen (secondary N) is 1. The van der Waals surface area contributed by atoms with Crippen LogP contribution in [-0.4, -0.2) is 68.4 Å². The first-order valence-corrected chi connectivity index (χ1v) is 19.3. The average Bonchev–Trinajstić information content (AvgIpc) is 3.30. The van der Waals surface area contributed by atoms with Crippen LogP contribution in [0.15, 0.2) is 60.7 Å². The SMILES string of the molecule is Cc1c(CN2CCN(C(=O)OC(C)(C)C)CC2)cc(C#C[Si](C)(C)C)cc1NC(=O)OCC1c2ccccc2-c2ccccc21. The molecule has 1 N–H and O–H groups in total. The highest BCUT2D eigenvalue weighted by molar-refractivity contribution is 6.83. The summed E-state index contributed by atoms with van der Waals surface area (Å²) in [6, 6.07) is 20.7. The third-order valence-electron chi connectivity index (χ3n) is 8.10. The fraction of sp³-hybridized carbons (Fsp3) is 0.405. The van der Waals surface area contributed by atoms with Gasteiger partial charge in [0.05, 0.1) is 0 Å². The van der Waals surface area contributed by atoms with E-state index in [1.165, 1.54) is 22.3 Å². The van der Waals surface area contributed by atoms with Crippen LogP contribution in [0.5, 0.6) is 0 Å². The summed E-state index contributed by atoms with van der Waals surface area (Å²) in [5.74, 6) is 3.37. The lowest BCUT2D eigenvalue weighted by atomic mass is 9.98. The molecule has 0 radical (unpaired) electrons. The first-order chi connectivity index (χ1) is 21.3. The van der Waals surface area contributed by atoms with Crippen LogP contribution < -0.4 is 5.32 Å². The molecule has 0 saturated carbocycles. The number of hydrogen-bond acceptors (Lipinski definition) is 5. The molecule has 1 aliphatic carbocycles. The van der Waals surface area contributed by atoms with Gasteiger partial charge < -0.3 is 14.4 Å². The second kappa shape index (κ2) is 13.1. The van der Waals surface area contributed by atoms with Crippen molar-refractivity contribution in [1.82, 2.24) is 9.80 Å². The van der Waals surface area contributed by atoms with E-state index in [1.54, 1.807) is 4.90 Å². The predicted octanol–water partition coefficient (Wildman–Crippen LogP) is 7.64. The lowest BCUT2D eigenvalue weighted by Crippen LogP contribution is -2.49. The van der Waals surface area contributed by atoms with E-state index in [0.29, 0.717) is 25.3 Å². The molecule has 0 spiro atoms. The summed E-state index contributed by atoms with van der Waals surface area (Å²) in [7, 11) is -1.62. The van der Waals surface area contributed by atoms with E-state index in [4.69, 9.17) is 9.47 Å². The Kier molecular flexibility index (Phi) is 9.43. The number of hydrogen-bond donors (Lipinski definition) is 1. The van der Waals surface area contributed by atoms with Crippen LogP contribution in [0.25, 0.3) is 11.1 Å². The number of nitrogens with zero attached hydrogens (tertiary/aromatic N) is 2. The molecular weight excluding hydrogens is 579 g/mol. The summed E-state index contributed by atoms with van der Waals surface area (Å²) < 4.78 is 11.4. The number of piperazine rings is 1. The van der Waals surface area contributed by atoms with Gasteiger partial charge in [-0.05, 0) is 73.2 Å². The Hall–Kier alpha value is -4.06. The van der Waals surface area contributed by atoms with Gasteiger partial charge in [-0.15, -0.1) is 5.54 Å². The van der Waals surface area contributed by atoms with E-state index in [-0.39, 0.29) is 18.6 Å². The number of rotatable bonds is 5. The van der Waals surface area contributed by atoms with Crippen LogP contribution in [-0.2, 0) is 16.0 Å². The van der Waals surface area contributed by atoms with Crippen LogP contribution >= 0.6 is 0 Å². The average molecular weight is 624 g/mol. The Morgan fingerprint density at radius 2 is 1.53 bits per heavy atom. The summed E-state index contributed by atoms with van der Waals surface area (Å²) in [6.07, 6.45) is -0.747. The van der Waals surface area contributed by atoms with Crippen LogP contribution in [0, 0.1) is 18.4 Å². The number of fused-ring (bicyclic) bond motifs is 3. The summed E-state index contributed by atoms with van der Waals surface area (Å²) >= 11 is 0. The molecule has 2 aliphatic rings. The van der Waals surface area contributed by atoms with Gasteiger partial charge in [-0.25, -0.2) is 9.59 Å². The van der Waals surface area contributed by atoms with Crippen molar-refractivity contribution in [2.24, 2.45) is 0 Å². The van der Waals surface area contributed by atoms with Gasteiger partial charge in [-0.2, -0.15) is 0 Å². The van der Waals surface area contributed by atoms with Gasteiger partial charge >= 0.3 is 12.2 Å². The largest absolute Gasteiger partial charge is 0.448 e. The third-order valence-corrected chi connectivity index (χ3v) is 8.97. The van der Waals surface area contributed by atoms with Crippen molar-refractivity contribution in [3.05, 3.63) is 88.5 Å². The first kappa shape index (κ1) is 32.3. The molecule has 236 valence electrons. The maximum atomic E-state index is 13.3. The van der Waals surface area contributed by atoms with Gasteiger partial charge in [0.1, 0.15) is 20.3 Å². The van der Waals surface area contributed by atoms with E-state index < -0.39 is 19.8 Å². The molecule has 5 rings (SSSR count). The molecule has 45 heavy (non-hydrogen) atoms. The van der Waals surface area contributed by atoms with E-state index in [9.17, 15) is 9.59 Å². The van der Waals surface area contributed by atoms with Crippen molar-refractivity contribution in [2.75, 3.05) is 38.1 Å². The van der Waals surface area contributed by atoms with Crippen molar-refractivity contribution in [3.8, 4) is 22.6 Å². The molecule has 7 nitrogen and oxygen atoms in total. The third kappa shape index (κ3) is 8.16. The minimum Gasteiger partial charge on any atom is -0.448 e. The van der Waals surface area contributed by atoms with E-state index in [1.807, 2.05) is 58.0 Å². The summed E-state index contributed by atoms with van der Waals surface area (Å²) in [4.78, 5) is 29.9. The lowest BCUT2D eigenvalue weighted by Gasteiger charge is -2.36. The zero-order chi connectivity index (χ0) is 32.4. The molecule has 2 amide bonds. The Morgan fingerprint density at radius 3 is 2.11 bits per heavy atom.